The summed E-state index contributed by atoms with van der Waals surface area (Å²) in [6.45, 7) is 3.10. The number of hydrogen-bond donors (Lipinski definition) is 1. The third kappa shape index (κ3) is 4.46. The van der Waals surface area contributed by atoms with Crippen molar-refractivity contribution in [2.45, 2.75) is 19.8 Å². The molecule has 1 saturated heterocycles. The highest BCUT2D eigenvalue weighted by molar-refractivity contribution is 5.84. The van der Waals surface area contributed by atoms with Crippen molar-refractivity contribution in [3.05, 3.63) is 70.8 Å². The number of benzene rings is 2. The normalized spacial score (nSPS) is 14.7. The fraction of sp³-hybridized carbons (Fsp3) is 0.280. The molecule has 9 nitrogen and oxygen atoms in total. The Hall–Kier alpha value is -4.21. The van der Waals surface area contributed by atoms with E-state index in [2.05, 4.69) is 15.3 Å². The SMILES string of the molecule is CC(F)Oc1ccccc1Cn1c2cc(-c3cnc(N4CCNC(=O)C4)nc3)ccc2c(=O)n1C. The lowest BCUT2D eigenvalue weighted by atomic mass is 10.1. The molecule has 10 heteroatoms. The van der Waals surface area contributed by atoms with Gasteiger partial charge in [-0.15, -0.1) is 0 Å². The molecule has 1 atom stereocenters. The van der Waals surface area contributed by atoms with Crippen molar-refractivity contribution in [1.82, 2.24) is 24.6 Å². The summed E-state index contributed by atoms with van der Waals surface area (Å²) in [5.41, 5.74) is 3.00. The molecule has 180 valence electrons. The van der Waals surface area contributed by atoms with Crippen molar-refractivity contribution in [1.29, 1.82) is 0 Å². The third-order valence-electron chi connectivity index (χ3n) is 6.04. The number of alkyl halides is 1. The summed E-state index contributed by atoms with van der Waals surface area (Å²) in [6.07, 6.45) is 1.98. The molecule has 35 heavy (non-hydrogen) atoms. The van der Waals surface area contributed by atoms with Crippen LogP contribution in [0, 0.1) is 0 Å². The van der Waals surface area contributed by atoms with E-state index < -0.39 is 6.36 Å². The molecular weight excluding hydrogens is 451 g/mol. The van der Waals surface area contributed by atoms with Crippen molar-refractivity contribution in [3.63, 3.8) is 0 Å². The van der Waals surface area contributed by atoms with Gasteiger partial charge in [0.05, 0.1) is 24.0 Å². The number of rotatable bonds is 6. The molecule has 1 N–H and O–H groups in total. The van der Waals surface area contributed by atoms with Crippen LogP contribution in [0.3, 0.4) is 0 Å². The summed E-state index contributed by atoms with van der Waals surface area (Å²) in [5, 5.41) is 3.36. The Morgan fingerprint density at radius 1 is 1.11 bits per heavy atom. The minimum absolute atomic E-state index is 0.0515. The van der Waals surface area contributed by atoms with Crippen molar-refractivity contribution in [3.8, 4) is 16.9 Å². The second kappa shape index (κ2) is 9.21. The van der Waals surface area contributed by atoms with Gasteiger partial charge in [-0.3, -0.25) is 19.0 Å². The number of ether oxygens (including phenoxy) is 1. The molecule has 2 aromatic carbocycles. The summed E-state index contributed by atoms with van der Waals surface area (Å²) in [4.78, 5) is 35.3. The van der Waals surface area contributed by atoms with Gasteiger partial charge >= 0.3 is 0 Å². The van der Waals surface area contributed by atoms with Gasteiger partial charge in [0.1, 0.15) is 5.75 Å². The number of hydrogen-bond acceptors (Lipinski definition) is 6. The number of amides is 1. The van der Waals surface area contributed by atoms with Crippen molar-refractivity contribution < 1.29 is 13.9 Å². The molecule has 0 spiro atoms. The fourth-order valence-corrected chi connectivity index (χ4v) is 4.27. The van der Waals surface area contributed by atoms with E-state index >= 15 is 0 Å². The first kappa shape index (κ1) is 22.6. The molecule has 0 radical (unpaired) electrons. The molecule has 1 amide bonds. The monoisotopic (exact) mass is 476 g/mol. The number of aromatic nitrogens is 4. The molecular formula is C25H25FN6O3. The number of fused-ring (bicyclic) bond motifs is 1. The molecule has 0 bridgehead atoms. The summed E-state index contributed by atoms with van der Waals surface area (Å²) in [6, 6.07) is 12.8. The zero-order valence-corrected chi connectivity index (χ0v) is 19.4. The molecule has 1 aliphatic rings. The Morgan fingerprint density at radius 3 is 2.63 bits per heavy atom. The van der Waals surface area contributed by atoms with Gasteiger partial charge in [0.15, 0.2) is 0 Å². The van der Waals surface area contributed by atoms with Gasteiger partial charge in [0.25, 0.3) is 5.56 Å². The van der Waals surface area contributed by atoms with E-state index in [1.54, 1.807) is 42.3 Å². The van der Waals surface area contributed by atoms with Crippen LogP contribution in [0.5, 0.6) is 5.75 Å². The van der Waals surface area contributed by atoms with E-state index in [4.69, 9.17) is 4.74 Å². The van der Waals surface area contributed by atoms with E-state index in [-0.39, 0.29) is 18.0 Å². The third-order valence-corrected chi connectivity index (χ3v) is 6.04. The number of anilines is 1. The van der Waals surface area contributed by atoms with Crippen LogP contribution < -0.4 is 20.5 Å². The second-order valence-electron chi connectivity index (χ2n) is 8.43. The molecule has 0 aliphatic carbocycles. The number of piperazine rings is 1. The predicted octanol–water partition coefficient (Wildman–Crippen LogP) is 2.48. The number of halogens is 1. The molecule has 0 saturated carbocycles. The first-order valence-corrected chi connectivity index (χ1v) is 11.3. The maximum absolute atomic E-state index is 13.5. The van der Waals surface area contributed by atoms with E-state index in [1.807, 2.05) is 33.8 Å². The van der Waals surface area contributed by atoms with Gasteiger partial charge in [0.2, 0.25) is 18.2 Å². The predicted molar refractivity (Wildman–Crippen MR) is 130 cm³/mol. The number of nitrogens with zero attached hydrogens (tertiary/aromatic N) is 5. The number of para-hydroxylation sites is 1. The highest BCUT2D eigenvalue weighted by Crippen LogP contribution is 2.26. The zero-order valence-electron chi connectivity index (χ0n) is 19.4. The van der Waals surface area contributed by atoms with Gasteiger partial charge in [0, 0.05) is 50.6 Å². The van der Waals surface area contributed by atoms with Crippen molar-refractivity contribution in [2.75, 3.05) is 24.5 Å². The standard InChI is InChI=1S/C25H25FN6O3/c1-16(26)35-22-6-4-3-5-18(22)14-32-21-11-17(7-8-20(21)24(34)30(32)2)19-12-28-25(29-13-19)31-10-9-27-23(33)15-31/h3-8,11-13,16H,9-10,14-15H2,1-2H3,(H,27,33). The van der Waals surface area contributed by atoms with Crippen LogP contribution in [0.15, 0.2) is 59.7 Å². The first-order valence-electron chi connectivity index (χ1n) is 11.3. The van der Waals surface area contributed by atoms with Gasteiger partial charge in [-0.1, -0.05) is 24.3 Å². The quantitative estimate of drug-likeness (QED) is 0.460. The van der Waals surface area contributed by atoms with Crippen LogP contribution in [-0.4, -0.2) is 51.2 Å². The largest absolute Gasteiger partial charge is 0.460 e. The highest BCUT2D eigenvalue weighted by atomic mass is 19.1. The van der Waals surface area contributed by atoms with Gasteiger partial charge in [-0.25, -0.2) is 14.4 Å². The van der Waals surface area contributed by atoms with E-state index in [9.17, 15) is 14.0 Å². The molecule has 1 aliphatic heterocycles. The van der Waals surface area contributed by atoms with Gasteiger partial charge in [-0.05, 0) is 23.8 Å². The first-order chi connectivity index (χ1) is 16.9. The van der Waals surface area contributed by atoms with Crippen LogP contribution in [0.4, 0.5) is 10.3 Å². The Labute approximate surface area is 200 Å². The molecule has 4 aromatic rings. The lowest BCUT2D eigenvalue weighted by Crippen LogP contribution is -2.48. The van der Waals surface area contributed by atoms with Crippen LogP contribution >= 0.6 is 0 Å². The highest BCUT2D eigenvalue weighted by Gasteiger charge is 2.19. The zero-order chi connectivity index (χ0) is 24.5. The molecule has 3 heterocycles. The smallest absolute Gasteiger partial charge is 0.274 e. The Kier molecular flexibility index (Phi) is 5.94. The van der Waals surface area contributed by atoms with Gasteiger partial charge in [-0.2, -0.15) is 0 Å². The van der Waals surface area contributed by atoms with Crippen LogP contribution in [0.25, 0.3) is 22.0 Å². The summed E-state index contributed by atoms with van der Waals surface area (Å²) in [7, 11) is 1.70. The number of carbonyl (C=O) groups excluding carboxylic acids is 1. The minimum Gasteiger partial charge on any atom is -0.460 e. The average Bonchev–Trinajstić information content (AvgIpc) is 3.09. The topological polar surface area (TPSA) is 94.3 Å². The van der Waals surface area contributed by atoms with Crippen LogP contribution in [-0.2, 0) is 18.4 Å². The maximum atomic E-state index is 13.5. The Balaban J connectivity index is 1.49. The molecule has 1 fully saturated rings. The van der Waals surface area contributed by atoms with Crippen molar-refractivity contribution >= 4 is 22.8 Å². The lowest BCUT2D eigenvalue weighted by molar-refractivity contribution is -0.120. The summed E-state index contributed by atoms with van der Waals surface area (Å²) >= 11 is 0. The summed E-state index contributed by atoms with van der Waals surface area (Å²) in [5.74, 6) is 0.882. The summed E-state index contributed by atoms with van der Waals surface area (Å²) < 4.78 is 22.2. The number of carbonyl (C=O) groups is 1. The van der Waals surface area contributed by atoms with Crippen LogP contribution in [0.2, 0.25) is 0 Å². The van der Waals surface area contributed by atoms with Crippen LogP contribution in [0.1, 0.15) is 12.5 Å². The molecule has 1 unspecified atom stereocenters. The minimum atomic E-state index is -1.45. The van der Waals surface area contributed by atoms with Gasteiger partial charge < -0.3 is 15.0 Å². The van der Waals surface area contributed by atoms with E-state index in [0.717, 1.165) is 22.2 Å². The van der Waals surface area contributed by atoms with Crippen molar-refractivity contribution in [2.24, 2.45) is 7.05 Å². The molecule has 2 aromatic heterocycles. The fourth-order valence-electron chi connectivity index (χ4n) is 4.27. The second-order valence-corrected chi connectivity index (χ2v) is 8.43. The van der Waals surface area contributed by atoms with E-state index in [0.29, 0.717) is 36.7 Å². The Morgan fingerprint density at radius 2 is 1.89 bits per heavy atom. The average molecular weight is 477 g/mol. The number of nitrogens with one attached hydrogen (secondary N) is 1. The molecule has 5 rings (SSSR count). The van der Waals surface area contributed by atoms with E-state index in [1.165, 1.54) is 6.92 Å². The maximum Gasteiger partial charge on any atom is 0.274 e. The lowest BCUT2D eigenvalue weighted by Gasteiger charge is -2.26. The Bertz CT molecular complexity index is 1440.